The first-order chi connectivity index (χ1) is 15.6. The highest BCUT2D eigenvalue weighted by Crippen LogP contribution is 2.29. The van der Waals surface area contributed by atoms with E-state index in [0.29, 0.717) is 54.2 Å². The molecular weight excluding hydrogens is 430 g/mol. The van der Waals surface area contributed by atoms with Crippen LogP contribution in [0.2, 0.25) is 5.02 Å². The van der Waals surface area contributed by atoms with E-state index in [1.165, 1.54) is 0 Å². The van der Waals surface area contributed by atoms with Crippen molar-refractivity contribution >= 4 is 29.1 Å². The quantitative estimate of drug-likeness (QED) is 0.611. The fraction of sp³-hybridized carbons (Fsp3) is 0.435. The molecule has 0 radical (unpaired) electrons. The predicted octanol–water partition coefficient (Wildman–Crippen LogP) is 3.47. The third kappa shape index (κ3) is 5.76. The Hall–Kier alpha value is -2.68. The van der Waals surface area contributed by atoms with Crippen molar-refractivity contribution in [3.05, 3.63) is 47.3 Å². The van der Waals surface area contributed by atoms with Gasteiger partial charge in [0.25, 0.3) is 0 Å². The van der Waals surface area contributed by atoms with Crippen LogP contribution in [0.4, 0.5) is 11.6 Å². The minimum atomic E-state index is -0.0511. The Morgan fingerprint density at radius 3 is 3.03 bits per heavy atom. The van der Waals surface area contributed by atoms with Gasteiger partial charge in [-0.1, -0.05) is 17.7 Å². The first-order valence-electron chi connectivity index (χ1n) is 10.9. The second kappa shape index (κ2) is 10.8. The lowest BCUT2D eigenvalue weighted by Gasteiger charge is -2.25. The van der Waals surface area contributed by atoms with Gasteiger partial charge in [-0.25, -0.2) is 9.97 Å². The SMILES string of the molecule is C/C=C1/CO[C@H](CNc2cccc(-c3cc(NC(=O)[C@@H]4CCCNC4)ncc3Cl)n2)CO1. The number of allylic oxidation sites excluding steroid dienone is 1. The molecule has 2 aliphatic rings. The number of pyridine rings is 2. The highest BCUT2D eigenvalue weighted by molar-refractivity contribution is 6.33. The average Bonchev–Trinajstić information content (AvgIpc) is 2.85. The van der Waals surface area contributed by atoms with E-state index in [-0.39, 0.29) is 17.9 Å². The molecule has 8 nitrogen and oxygen atoms in total. The summed E-state index contributed by atoms with van der Waals surface area (Å²) in [5.74, 6) is 1.95. The molecule has 0 unspecified atom stereocenters. The number of hydrogen-bond acceptors (Lipinski definition) is 7. The Morgan fingerprint density at radius 2 is 2.28 bits per heavy atom. The van der Waals surface area contributed by atoms with Gasteiger partial charge in [0.2, 0.25) is 5.91 Å². The van der Waals surface area contributed by atoms with Crippen LogP contribution < -0.4 is 16.0 Å². The van der Waals surface area contributed by atoms with Gasteiger partial charge in [-0.3, -0.25) is 4.79 Å². The maximum absolute atomic E-state index is 12.6. The summed E-state index contributed by atoms with van der Waals surface area (Å²) >= 11 is 6.41. The zero-order chi connectivity index (χ0) is 22.3. The lowest BCUT2D eigenvalue weighted by atomic mass is 9.99. The van der Waals surface area contributed by atoms with E-state index in [0.717, 1.165) is 25.1 Å². The van der Waals surface area contributed by atoms with Crippen LogP contribution in [0.15, 0.2) is 42.3 Å². The fourth-order valence-corrected chi connectivity index (χ4v) is 3.88. The van der Waals surface area contributed by atoms with Gasteiger partial charge >= 0.3 is 0 Å². The minimum absolute atomic E-state index is 0.0304. The van der Waals surface area contributed by atoms with E-state index in [2.05, 4.69) is 25.9 Å². The van der Waals surface area contributed by atoms with Gasteiger partial charge in [0.1, 0.15) is 36.7 Å². The average molecular weight is 458 g/mol. The van der Waals surface area contributed by atoms with Gasteiger partial charge in [0.15, 0.2) is 0 Å². The van der Waals surface area contributed by atoms with Crippen LogP contribution in [0.5, 0.6) is 0 Å². The molecule has 2 aromatic heterocycles. The smallest absolute Gasteiger partial charge is 0.229 e. The summed E-state index contributed by atoms with van der Waals surface area (Å²) in [5.41, 5.74) is 1.40. The Bertz CT molecular complexity index is 968. The van der Waals surface area contributed by atoms with E-state index in [4.69, 9.17) is 21.1 Å². The van der Waals surface area contributed by atoms with Crippen molar-refractivity contribution in [2.75, 3.05) is 43.5 Å². The molecule has 2 aliphatic heterocycles. The van der Waals surface area contributed by atoms with Gasteiger partial charge in [0.05, 0.1) is 16.6 Å². The second-order valence-electron chi connectivity index (χ2n) is 7.87. The summed E-state index contributed by atoms with van der Waals surface area (Å²) in [4.78, 5) is 21.5. The standard InChI is InChI=1S/C23H28ClN5O3/c1-2-16-13-32-17(14-31-16)11-26-21-7-3-6-20(28-21)18-9-22(27-12-19(18)24)29-23(30)15-5-4-8-25-10-15/h2-3,6-7,9,12,15,17,25H,4-5,8,10-11,13-14H2,1H3,(H,26,28)(H,27,29,30)/b16-2-/t15-,17-/m1/s1. The molecule has 2 aromatic rings. The number of anilines is 2. The van der Waals surface area contributed by atoms with Crippen LogP contribution >= 0.6 is 11.6 Å². The number of nitrogens with one attached hydrogen (secondary N) is 3. The van der Waals surface area contributed by atoms with Crippen molar-refractivity contribution < 1.29 is 14.3 Å². The number of nitrogens with zero attached hydrogens (tertiary/aromatic N) is 2. The van der Waals surface area contributed by atoms with Crippen molar-refractivity contribution in [1.82, 2.24) is 15.3 Å². The van der Waals surface area contributed by atoms with Crippen LogP contribution in [0.25, 0.3) is 11.3 Å². The zero-order valence-electron chi connectivity index (χ0n) is 18.1. The molecule has 170 valence electrons. The van der Waals surface area contributed by atoms with E-state index in [9.17, 15) is 4.79 Å². The second-order valence-corrected chi connectivity index (χ2v) is 8.28. The molecule has 2 fully saturated rings. The van der Waals surface area contributed by atoms with Crippen LogP contribution in [-0.4, -0.2) is 54.8 Å². The van der Waals surface area contributed by atoms with Crippen molar-refractivity contribution in [3.8, 4) is 11.3 Å². The van der Waals surface area contributed by atoms with Crippen molar-refractivity contribution in [2.45, 2.75) is 25.9 Å². The van der Waals surface area contributed by atoms with Gasteiger partial charge in [-0.05, 0) is 50.6 Å². The monoisotopic (exact) mass is 457 g/mol. The molecule has 0 aromatic carbocycles. The number of piperidine rings is 1. The molecule has 3 N–H and O–H groups in total. The molecular formula is C23H28ClN5O3. The number of carbonyl (C=O) groups excluding carboxylic acids is 1. The van der Waals surface area contributed by atoms with Crippen LogP contribution in [0.3, 0.4) is 0 Å². The third-order valence-corrected chi connectivity index (χ3v) is 5.85. The topological polar surface area (TPSA) is 97.4 Å². The molecule has 0 bridgehead atoms. The normalized spacial score (nSPS) is 22.2. The van der Waals surface area contributed by atoms with Crippen molar-refractivity contribution in [2.24, 2.45) is 5.92 Å². The Labute approximate surface area is 192 Å². The molecule has 2 atom stereocenters. The first kappa shape index (κ1) is 22.5. The van der Waals surface area contributed by atoms with Gasteiger partial charge in [-0.15, -0.1) is 0 Å². The molecule has 2 saturated heterocycles. The number of aromatic nitrogens is 2. The van der Waals surface area contributed by atoms with E-state index in [1.807, 2.05) is 31.2 Å². The molecule has 0 saturated carbocycles. The van der Waals surface area contributed by atoms with Gasteiger partial charge in [0, 0.05) is 24.8 Å². The molecule has 4 heterocycles. The number of carbonyl (C=O) groups is 1. The summed E-state index contributed by atoms with van der Waals surface area (Å²) in [7, 11) is 0. The van der Waals surface area contributed by atoms with Crippen molar-refractivity contribution in [1.29, 1.82) is 0 Å². The van der Waals surface area contributed by atoms with Gasteiger partial charge in [-0.2, -0.15) is 0 Å². The molecule has 0 spiro atoms. The summed E-state index contributed by atoms with van der Waals surface area (Å²) < 4.78 is 11.4. The fourth-order valence-electron chi connectivity index (χ4n) is 3.68. The van der Waals surface area contributed by atoms with Crippen LogP contribution in [0, 0.1) is 5.92 Å². The van der Waals surface area contributed by atoms with Crippen LogP contribution in [-0.2, 0) is 14.3 Å². The largest absolute Gasteiger partial charge is 0.493 e. The molecule has 1 amide bonds. The predicted molar refractivity (Wildman–Crippen MR) is 125 cm³/mol. The Kier molecular flexibility index (Phi) is 7.57. The van der Waals surface area contributed by atoms with E-state index >= 15 is 0 Å². The molecule has 32 heavy (non-hydrogen) atoms. The number of ether oxygens (including phenoxy) is 2. The maximum Gasteiger partial charge on any atom is 0.229 e. The van der Waals surface area contributed by atoms with Crippen LogP contribution in [0.1, 0.15) is 19.8 Å². The van der Waals surface area contributed by atoms with Crippen molar-refractivity contribution in [3.63, 3.8) is 0 Å². The molecule has 9 heteroatoms. The number of amides is 1. The first-order valence-corrected chi connectivity index (χ1v) is 11.3. The Balaban J connectivity index is 1.41. The lowest BCUT2D eigenvalue weighted by molar-refractivity contribution is -0.120. The molecule has 0 aliphatic carbocycles. The highest BCUT2D eigenvalue weighted by atomic mass is 35.5. The summed E-state index contributed by atoms with van der Waals surface area (Å²) in [6.07, 6.45) is 5.27. The third-order valence-electron chi connectivity index (χ3n) is 5.55. The highest BCUT2D eigenvalue weighted by Gasteiger charge is 2.22. The van der Waals surface area contributed by atoms with E-state index in [1.54, 1.807) is 12.3 Å². The summed E-state index contributed by atoms with van der Waals surface area (Å²) in [6, 6.07) is 7.43. The zero-order valence-corrected chi connectivity index (χ0v) is 18.8. The maximum atomic E-state index is 12.6. The Morgan fingerprint density at radius 1 is 1.38 bits per heavy atom. The van der Waals surface area contributed by atoms with E-state index < -0.39 is 0 Å². The number of halogens is 1. The summed E-state index contributed by atoms with van der Waals surface area (Å²) in [5, 5.41) is 9.93. The minimum Gasteiger partial charge on any atom is -0.493 e. The number of rotatable bonds is 6. The summed E-state index contributed by atoms with van der Waals surface area (Å²) in [6.45, 7) is 5.14. The van der Waals surface area contributed by atoms with Gasteiger partial charge < -0.3 is 25.4 Å². The lowest BCUT2D eigenvalue weighted by Crippen LogP contribution is -2.37. The molecule has 4 rings (SSSR count). The number of hydrogen-bond donors (Lipinski definition) is 3.